The highest BCUT2D eigenvalue weighted by Crippen LogP contribution is 2.55. The van der Waals surface area contributed by atoms with Crippen molar-refractivity contribution in [3.63, 3.8) is 0 Å². The number of hydrazone groups is 2. The maximum Gasteiger partial charge on any atom is 0.234 e. The summed E-state index contributed by atoms with van der Waals surface area (Å²) in [7, 11) is 0. The van der Waals surface area contributed by atoms with Gasteiger partial charge in [-0.25, -0.2) is 10.0 Å². The van der Waals surface area contributed by atoms with E-state index in [1.807, 2.05) is 88.9 Å². The molecule has 0 fully saturated rings. The molecule has 0 radical (unpaired) electrons. The minimum Gasteiger partial charge on any atom is -0.292 e. The summed E-state index contributed by atoms with van der Waals surface area (Å²) in [6.07, 6.45) is 0. The lowest BCUT2D eigenvalue weighted by molar-refractivity contribution is -0.110. The molecule has 2 aliphatic heterocycles. The van der Waals surface area contributed by atoms with Gasteiger partial charge in [-0.1, -0.05) is 83.3 Å². The largest absolute Gasteiger partial charge is 0.292 e. The lowest BCUT2D eigenvalue weighted by Gasteiger charge is -2.47. The van der Waals surface area contributed by atoms with Crippen LogP contribution in [0.5, 0.6) is 0 Å². The van der Waals surface area contributed by atoms with E-state index in [0.717, 1.165) is 22.5 Å². The predicted molar refractivity (Wildman–Crippen MR) is 159 cm³/mol. The minimum absolute atomic E-state index is 0.142. The number of ketones is 1. The number of Topliss-reactive ketones (excluding diaryl/α,β-unsaturated/α-hetero) is 1. The fourth-order valence-corrected chi connectivity index (χ4v) is 6.48. The summed E-state index contributed by atoms with van der Waals surface area (Å²) in [6, 6.07) is 30.5. The first-order valence-electron chi connectivity index (χ1n) is 11.7. The van der Waals surface area contributed by atoms with Gasteiger partial charge < -0.3 is 0 Å². The Morgan fingerprint density at radius 3 is 2.18 bits per heavy atom. The highest BCUT2D eigenvalue weighted by Gasteiger charge is 2.56. The van der Waals surface area contributed by atoms with E-state index >= 15 is 0 Å². The maximum absolute atomic E-state index is 12.7. The first-order chi connectivity index (χ1) is 18.4. The minimum atomic E-state index is -1.07. The Bertz CT molecular complexity index is 1640. The Balaban J connectivity index is 1.69. The third kappa shape index (κ3) is 4.09. The molecule has 4 aromatic carbocycles. The van der Waals surface area contributed by atoms with Crippen LogP contribution in [0.4, 0.5) is 11.4 Å². The molecule has 0 N–H and O–H groups in total. The van der Waals surface area contributed by atoms with Crippen molar-refractivity contribution in [2.24, 2.45) is 10.2 Å². The zero-order chi connectivity index (χ0) is 26.4. The van der Waals surface area contributed by atoms with E-state index in [4.69, 9.17) is 45.0 Å². The topological polar surface area (TPSA) is 48.3 Å². The molecule has 1 atom stereocenters. The van der Waals surface area contributed by atoms with E-state index in [-0.39, 0.29) is 5.78 Å². The summed E-state index contributed by atoms with van der Waals surface area (Å²) in [5, 5.41) is 15.8. The molecule has 0 aliphatic carbocycles. The molecular formula is C29H19Cl3N4OS. The predicted octanol–water partition coefficient (Wildman–Crippen LogP) is 8.19. The van der Waals surface area contributed by atoms with Crippen molar-refractivity contribution in [3.8, 4) is 0 Å². The highest BCUT2D eigenvalue weighted by molar-refractivity contribution is 8.17. The number of hydrogen-bond donors (Lipinski definition) is 0. The number of carbonyl (C=O) groups excluding carboxylic acids is 1. The number of fused-ring (bicyclic) bond motifs is 2. The van der Waals surface area contributed by atoms with E-state index in [0.29, 0.717) is 31.4 Å². The van der Waals surface area contributed by atoms with E-state index in [2.05, 4.69) is 0 Å². The number of para-hydroxylation sites is 1. The zero-order valence-electron chi connectivity index (χ0n) is 20.0. The van der Waals surface area contributed by atoms with Crippen LogP contribution in [-0.2, 0) is 9.79 Å². The van der Waals surface area contributed by atoms with Crippen molar-refractivity contribution >= 4 is 74.5 Å². The normalized spacial score (nSPS) is 18.3. The molecule has 5 nitrogen and oxygen atoms in total. The van der Waals surface area contributed by atoms with Gasteiger partial charge in [0.1, 0.15) is 5.71 Å². The van der Waals surface area contributed by atoms with E-state index in [9.17, 15) is 4.79 Å². The summed E-state index contributed by atoms with van der Waals surface area (Å²) in [5.41, 5.74) is 4.62. The van der Waals surface area contributed by atoms with Crippen LogP contribution in [0.3, 0.4) is 0 Å². The molecule has 0 amide bonds. The van der Waals surface area contributed by atoms with Gasteiger partial charge in [0.25, 0.3) is 0 Å². The number of anilines is 2. The Morgan fingerprint density at radius 1 is 0.737 bits per heavy atom. The molecule has 0 bridgehead atoms. The second-order valence-corrected chi connectivity index (χ2v) is 11.2. The molecule has 0 saturated carbocycles. The highest BCUT2D eigenvalue weighted by atomic mass is 35.5. The van der Waals surface area contributed by atoms with Crippen molar-refractivity contribution in [1.29, 1.82) is 0 Å². The summed E-state index contributed by atoms with van der Waals surface area (Å²) in [4.78, 5) is 11.7. The van der Waals surface area contributed by atoms with Crippen molar-refractivity contribution in [3.05, 3.63) is 129 Å². The van der Waals surface area contributed by atoms with Crippen molar-refractivity contribution in [2.45, 2.75) is 11.9 Å². The van der Waals surface area contributed by atoms with Crippen LogP contribution in [0.25, 0.3) is 0 Å². The van der Waals surface area contributed by atoms with Gasteiger partial charge >= 0.3 is 0 Å². The number of thioether (sulfide) groups is 1. The van der Waals surface area contributed by atoms with Gasteiger partial charge in [0.05, 0.1) is 16.4 Å². The summed E-state index contributed by atoms with van der Waals surface area (Å²) < 4.78 is 0. The number of benzene rings is 4. The van der Waals surface area contributed by atoms with Crippen LogP contribution in [-0.4, -0.2) is 16.5 Å². The SMILES string of the molecule is CC(=O)C1=NN(c2cccc(Cl)c2)[C@@]2(S1)c1ccccc1C(c1cc(Cl)ccc1Cl)=NN2c1ccccc1. The van der Waals surface area contributed by atoms with Crippen LogP contribution in [0, 0.1) is 0 Å². The van der Waals surface area contributed by atoms with Crippen LogP contribution in [0.1, 0.15) is 23.6 Å². The lowest BCUT2D eigenvalue weighted by atomic mass is 9.93. The van der Waals surface area contributed by atoms with E-state index < -0.39 is 4.99 Å². The second kappa shape index (κ2) is 9.79. The second-order valence-electron chi connectivity index (χ2n) is 8.73. The molecule has 0 aromatic heterocycles. The van der Waals surface area contributed by atoms with Gasteiger partial charge in [0.15, 0.2) is 10.8 Å². The van der Waals surface area contributed by atoms with Gasteiger partial charge in [0, 0.05) is 33.7 Å². The Kier molecular flexibility index (Phi) is 6.44. The fourth-order valence-electron chi connectivity index (χ4n) is 4.63. The number of nitrogens with zero attached hydrogens (tertiary/aromatic N) is 4. The molecule has 2 heterocycles. The smallest absolute Gasteiger partial charge is 0.234 e. The number of carbonyl (C=O) groups is 1. The number of hydrogen-bond acceptors (Lipinski definition) is 6. The van der Waals surface area contributed by atoms with Crippen LogP contribution in [0.2, 0.25) is 15.1 Å². The molecule has 6 rings (SSSR count). The van der Waals surface area contributed by atoms with Gasteiger partial charge in [-0.2, -0.15) is 10.2 Å². The molecule has 2 aliphatic rings. The Morgan fingerprint density at radius 2 is 1.42 bits per heavy atom. The average Bonchev–Trinajstić information content (AvgIpc) is 3.33. The average molecular weight is 578 g/mol. The fraction of sp³-hybridized carbons (Fsp3) is 0.0690. The maximum atomic E-state index is 12.7. The van der Waals surface area contributed by atoms with Crippen LogP contribution >= 0.6 is 46.6 Å². The van der Waals surface area contributed by atoms with E-state index in [1.54, 1.807) is 18.2 Å². The molecule has 0 unspecified atom stereocenters. The van der Waals surface area contributed by atoms with Crippen molar-refractivity contribution in [2.75, 3.05) is 10.0 Å². The van der Waals surface area contributed by atoms with Crippen molar-refractivity contribution in [1.82, 2.24) is 0 Å². The standard InChI is InChI=1S/C29H19Cl3N4OS/c1-18(37)28-34-36(22-11-7-8-19(30)16-22)29(38-28)25-13-6-5-12-23(25)27(24-17-20(31)14-15-26(24)32)33-35(29)21-9-3-2-4-10-21/h2-17H,1H3/t29-/m1/s1. The molecule has 9 heteroatoms. The van der Waals surface area contributed by atoms with Crippen molar-refractivity contribution < 1.29 is 4.79 Å². The van der Waals surface area contributed by atoms with Crippen LogP contribution in [0.15, 0.2) is 107 Å². The Hall–Kier alpha value is -3.29. The molecule has 188 valence electrons. The molecular weight excluding hydrogens is 559 g/mol. The van der Waals surface area contributed by atoms with Gasteiger partial charge in [-0.15, -0.1) is 0 Å². The summed E-state index contributed by atoms with van der Waals surface area (Å²) in [5.74, 6) is -0.142. The molecule has 38 heavy (non-hydrogen) atoms. The zero-order valence-corrected chi connectivity index (χ0v) is 23.1. The van der Waals surface area contributed by atoms with Gasteiger partial charge in [-0.3, -0.25) is 4.79 Å². The van der Waals surface area contributed by atoms with E-state index in [1.165, 1.54) is 18.7 Å². The summed E-state index contributed by atoms with van der Waals surface area (Å²) >= 11 is 20.9. The quantitative estimate of drug-likeness (QED) is 0.245. The third-order valence-corrected chi connectivity index (χ3v) is 8.49. The van der Waals surface area contributed by atoms with Gasteiger partial charge in [0.2, 0.25) is 4.99 Å². The summed E-state index contributed by atoms with van der Waals surface area (Å²) in [6.45, 7) is 1.52. The monoisotopic (exact) mass is 576 g/mol. The molecule has 4 aromatic rings. The first kappa shape index (κ1) is 25.0. The third-order valence-electron chi connectivity index (χ3n) is 6.28. The number of rotatable bonds is 4. The van der Waals surface area contributed by atoms with Gasteiger partial charge in [-0.05, 0) is 60.3 Å². The molecule has 1 spiro atoms. The van der Waals surface area contributed by atoms with Crippen LogP contribution < -0.4 is 10.0 Å². The Labute approximate surface area is 239 Å². The molecule has 0 saturated heterocycles. The lowest BCUT2D eigenvalue weighted by Crippen LogP contribution is -2.54. The number of halogens is 3. The first-order valence-corrected chi connectivity index (χ1v) is 13.7.